The Morgan fingerprint density at radius 2 is 2.05 bits per heavy atom. The molecule has 0 atom stereocenters. The minimum Gasteiger partial charge on any atom is -0.450 e. The summed E-state index contributed by atoms with van der Waals surface area (Å²) in [4.78, 5) is 12.5. The molecule has 1 aliphatic carbocycles. The molecular weight excluding hydrogens is 267 g/mol. The zero-order valence-electron chi connectivity index (χ0n) is 12.4. The standard InChI is InChI=1S/C18H21FO2/c1-2-4-12-7-9-13(10-8-12)17(20)16-11-14-5-3-6-15(19)18(14)21-16/h3,5-6,11-13H,2,4,7-10H2,1H3. The number of halogens is 1. The average Bonchev–Trinajstić information content (AvgIpc) is 2.93. The van der Waals surface area contributed by atoms with Crippen molar-refractivity contribution in [2.45, 2.75) is 45.4 Å². The third kappa shape index (κ3) is 2.87. The first-order valence-electron chi connectivity index (χ1n) is 7.91. The van der Waals surface area contributed by atoms with Crippen molar-refractivity contribution in [3.05, 3.63) is 35.8 Å². The van der Waals surface area contributed by atoms with Gasteiger partial charge >= 0.3 is 0 Å². The number of carbonyl (C=O) groups excluding carboxylic acids is 1. The number of hydrogen-bond acceptors (Lipinski definition) is 2. The van der Waals surface area contributed by atoms with Gasteiger partial charge < -0.3 is 4.42 Å². The number of fused-ring (bicyclic) bond motifs is 1. The molecule has 1 saturated carbocycles. The van der Waals surface area contributed by atoms with Gasteiger partial charge in [-0.25, -0.2) is 4.39 Å². The van der Waals surface area contributed by atoms with Crippen LogP contribution in [-0.2, 0) is 0 Å². The lowest BCUT2D eigenvalue weighted by Gasteiger charge is -2.26. The van der Waals surface area contributed by atoms with Crippen molar-refractivity contribution in [2.75, 3.05) is 0 Å². The molecular formula is C18H21FO2. The highest BCUT2D eigenvalue weighted by molar-refractivity contribution is 5.99. The summed E-state index contributed by atoms with van der Waals surface area (Å²) in [6.45, 7) is 2.21. The molecule has 0 bridgehead atoms. The van der Waals surface area contributed by atoms with Crippen LogP contribution in [0.4, 0.5) is 4.39 Å². The summed E-state index contributed by atoms with van der Waals surface area (Å²) in [5.41, 5.74) is 0.195. The number of furan rings is 1. The normalized spacial score (nSPS) is 22.6. The van der Waals surface area contributed by atoms with E-state index in [1.165, 1.54) is 18.9 Å². The Bertz CT molecular complexity index is 636. The third-order valence-electron chi connectivity index (χ3n) is 4.65. The van der Waals surface area contributed by atoms with Gasteiger partial charge in [-0.15, -0.1) is 0 Å². The minimum absolute atomic E-state index is 0.0422. The maximum Gasteiger partial charge on any atom is 0.201 e. The van der Waals surface area contributed by atoms with E-state index in [1.807, 2.05) is 0 Å². The van der Waals surface area contributed by atoms with Gasteiger partial charge in [0.05, 0.1) is 0 Å². The van der Waals surface area contributed by atoms with Crippen LogP contribution in [0.15, 0.2) is 28.7 Å². The molecule has 1 aromatic carbocycles. The van der Waals surface area contributed by atoms with Crippen molar-refractivity contribution in [1.82, 2.24) is 0 Å². The molecule has 3 rings (SSSR count). The monoisotopic (exact) mass is 288 g/mol. The van der Waals surface area contributed by atoms with Gasteiger partial charge in [-0.2, -0.15) is 0 Å². The molecule has 21 heavy (non-hydrogen) atoms. The number of benzene rings is 1. The van der Waals surface area contributed by atoms with Gasteiger partial charge in [0, 0.05) is 11.3 Å². The van der Waals surface area contributed by atoms with Crippen molar-refractivity contribution in [1.29, 1.82) is 0 Å². The predicted octanol–water partition coefficient (Wildman–Crippen LogP) is 5.36. The van der Waals surface area contributed by atoms with Gasteiger partial charge in [0.15, 0.2) is 17.2 Å². The summed E-state index contributed by atoms with van der Waals surface area (Å²) < 4.78 is 19.1. The van der Waals surface area contributed by atoms with E-state index in [2.05, 4.69) is 6.92 Å². The van der Waals surface area contributed by atoms with Crippen LogP contribution in [0.3, 0.4) is 0 Å². The summed E-state index contributed by atoms with van der Waals surface area (Å²) >= 11 is 0. The summed E-state index contributed by atoms with van der Waals surface area (Å²) in [6, 6.07) is 6.45. The second-order valence-electron chi connectivity index (χ2n) is 6.14. The summed E-state index contributed by atoms with van der Waals surface area (Å²) in [6.07, 6.45) is 6.59. The molecule has 2 nitrogen and oxygen atoms in total. The van der Waals surface area contributed by atoms with E-state index in [9.17, 15) is 9.18 Å². The van der Waals surface area contributed by atoms with E-state index in [-0.39, 0.29) is 17.3 Å². The molecule has 0 saturated heterocycles. The second-order valence-corrected chi connectivity index (χ2v) is 6.14. The first kappa shape index (κ1) is 14.3. The first-order chi connectivity index (χ1) is 10.2. The van der Waals surface area contributed by atoms with E-state index < -0.39 is 5.82 Å². The predicted molar refractivity (Wildman–Crippen MR) is 80.9 cm³/mol. The molecule has 0 N–H and O–H groups in total. The highest BCUT2D eigenvalue weighted by Crippen LogP contribution is 2.34. The fourth-order valence-electron chi connectivity index (χ4n) is 3.47. The minimum atomic E-state index is -0.404. The van der Waals surface area contributed by atoms with E-state index in [4.69, 9.17) is 4.42 Å². The average molecular weight is 288 g/mol. The Morgan fingerprint density at radius 3 is 2.71 bits per heavy atom. The van der Waals surface area contributed by atoms with Crippen LogP contribution in [0.1, 0.15) is 56.0 Å². The van der Waals surface area contributed by atoms with E-state index in [1.54, 1.807) is 18.2 Å². The van der Waals surface area contributed by atoms with Gasteiger partial charge in [-0.05, 0) is 43.7 Å². The maximum absolute atomic E-state index is 13.6. The SMILES string of the molecule is CCCC1CCC(C(=O)c2cc3cccc(F)c3o2)CC1. The van der Waals surface area contributed by atoms with Crippen LogP contribution in [-0.4, -0.2) is 5.78 Å². The number of para-hydroxylation sites is 1. The van der Waals surface area contributed by atoms with Gasteiger partial charge in [-0.3, -0.25) is 4.79 Å². The Hall–Kier alpha value is -1.64. The zero-order valence-corrected chi connectivity index (χ0v) is 12.4. The molecule has 1 fully saturated rings. The van der Waals surface area contributed by atoms with E-state index in [0.29, 0.717) is 11.1 Å². The van der Waals surface area contributed by atoms with E-state index in [0.717, 1.165) is 31.6 Å². The lowest BCUT2D eigenvalue weighted by molar-refractivity contribution is 0.0843. The molecule has 3 heteroatoms. The van der Waals surface area contributed by atoms with Crippen LogP contribution in [0.25, 0.3) is 11.0 Å². The number of carbonyl (C=O) groups is 1. The van der Waals surface area contributed by atoms with Crippen molar-refractivity contribution in [2.24, 2.45) is 11.8 Å². The number of Topliss-reactive ketones (excluding diaryl/α,β-unsaturated/α-hetero) is 1. The molecule has 0 radical (unpaired) electrons. The smallest absolute Gasteiger partial charge is 0.201 e. The van der Waals surface area contributed by atoms with Crippen LogP contribution in [0, 0.1) is 17.7 Å². The number of hydrogen-bond donors (Lipinski definition) is 0. The molecule has 1 aliphatic rings. The van der Waals surface area contributed by atoms with Crippen molar-refractivity contribution in [3.63, 3.8) is 0 Å². The van der Waals surface area contributed by atoms with Crippen LogP contribution >= 0.6 is 0 Å². The molecule has 0 amide bonds. The van der Waals surface area contributed by atoms with Gasteiger partial charge in [0.1, 0.15) is 0 Å². The molecule has 0 aliphatic heterocycles. The quantitative estimate of drug-likeness (QED) is 0.709. The lowest BCUT2D eigenvalue weighted by atomic mass is 9.78. The summed E-state index contributed by atoms with van der Waals surface area (Å²) in [5, 5.41) is 0.665. The molecule has 2 aromatic rings. The Balaban J connectivity index is 1.74. The van der Waals surface area contributed by atoms with Crippen molar-refractivity contribution >= 4 is 16.8 Å². The number of rotatable bonds is 4. The summed E-state index contributed by atoms with van der Waals surface area (Å²) in [7, 11) is 0. The van der Waals surface area contributed by atoms with Gasteiger partial charge in [-0.1, -0.05) is 31.9 Å². The third-order valence-corrected chi connectivity index (χ3v) is 4.65. The van der Waals surface area contributed by atoms with E-state index >= 15 is 0 Å². The van der Waals surface area contributed by atoms with Crippen molar-refractivity contribution in [3.8, 4) is 0 Å². The highest BCUT2D eigenvalue weighted by atomic mass is 19.1. The number of ketones is 1. The largest absolute Gasteiger partial charge is 0.450 e. The fourth-order valence-corrected chi connectivity index (χ4v) is 3.47. The fraction of sp³-hybridized carbons (Fsp3) is 0.500. The molecule has 112 valence electrons. The second kappa shape index (κ2) is 6.00. The molecule has 0 spiro atoms. The molecule has 0 unspecified atom stereocenters. The van der Waals surface area contributed by atoms with Crippen molar-refractivity contribution < 1.29 is 13.6 Å². The summed E-state index contributed by atoms with van der Waals surface area (Å²) in [5.74, 6) is 0.765. The van der Waals surface area contributed by atoms with Crippen LogP contribution in [0.2, 0.25) is 0 Å². The molecule has 1 aromatic heterocycles. The van der Waals surface area contributed by atoms with Crippen LogP contribution in [0.5, 0.6) is 0 Å². The first-order valence-corrected chi connectivity index (χ1v) is 7.91. The van der Waals surface area contributed by atoms with Gasteiger partial charge in [0.2, 0.25) is 5.78 Å². The Morgan fingerprint density at radius 1 is 1.29 bits per heavy atom. The van der Waals surface area contributed by atoms with Gasteiger partial charge in [0.25, 0.3) is 0 Å². The highest BCUT2D eigenvalue weighted by Gasteiger charge is 2.28. The van der Waals surface area contributed by atoms with Crippen LogP contribution < -0.4 is 0 Å². The Labute approximate surface area is 124 Å². The maximum atomic E-state index is 13.6. The molecule has 1 heterocycles. The zero-order chi connectivity index (χ0) is 14.8. The Kier molecular flexibility index (Phi) is 4.09. The topological polar surface area (TPSA) is 30.2 Å². The lowest BCUT2D eigenvalue weighted by Crippen LogP contribution is -2.21.